The van der Waals surface area contributed by atoms with Gasteiger partial charge in [0.15, 0.2) is 0 Å². The molecular formula is C12H24O. The molecule has 0 aromatic rings. The van der Waals surface area contributed by atoms with Crippen molar-refractivity contribution in [1.29, 1.82) is 0 Å². The summed E-state index contributed by atoms with van der Waals surface area (Å²) in [6.07, 6.45) is 6.46. The first-order valence-electron chi connectivity index (χ1n) is 5.63. The fraction of sp³-hybridized carbons (Fsp3) is 1.00. The zero-order valence-corrected chi connectivity index (χ0v) is 9.60. The maximum absolute atomic E-state index is 5.74. The second-order valence-electron chi connectivity index (χ2n) is 5.17. The summed E-state index contributed by atoms with van der Waals surface area (Å²) in [4.78, 5) is 0. The van der Waals surface area contributed by atoms with Crippen LogP contribution in [0.25, 0.3) is 0 Å². The SMILES string of the molecule is COC1(CC(C)C)CCC(C)CC1. The van der Waals surface area contributed by atoms with Crippen LogP contribution in [0.3, 0.4) is 0 Å². The molecule has 78 valence electrons. The number of rotatable bonds is 3. The fourth-order valence-corrected chi connectivity index (χ4v) is 2.52. The molecule has 1 heteroatoms. The van der Waals surface area contributed by atoms with Gasteiger partial charge >= 0.3 is 0 Å². The molecule has 0 aliphatic heterocycles. The van der Waals surface area contributed by atoms with Gasteiger partial charge in [-0.15, -0.1) is 0 Å². The van der Waals surface area contributed by atoms with Gasteiger partial charge in [0.1, 0.15) is 0 Å². The largest absolute Gasteiger partial charge is 0.378 e. The first kappa shape index (κ1) is 11.0. The van der Waals surface area contributed by atoms with Crippen LogP contribution in [0.1, 0.15) is 52.9 Å². The molecule has 0 aromatic carbocycles. The number of ether oxygens (including phenoxy) is 1. The van der Waals surface area contributed by atoms with Crippen LogP contribution in [0.15, 0.2) is 0 Å². The van der Waals surface area contributed by atoms with Crippen LogP contribution in [0.5, 0.6) is 0 Å². The Bertz CT molecular complexity index is 143. The smallest absolute Gasteiger partial charge is 0.0681 e. The Morgan fingerprint density at radius 3 is 2.23 bits per heavy atom. The zero-order chi connectivity index (χ0) is 9.90. The van der Waals surface area contributed by atoms with Crippen LogP contribution in [0.4, 0.5) is 0 Å². The van der Waals surface area contributed by atoms with Gasteiger partial charge in [-0.05, 0) is 43.9 Å². The Morgan fingerprint density at radius 1 is 1.31 bits per heavy atom. The normalized spacial score (nSPS) is 35.3. The number of methoxy groups -OCH3 is 1. The third-order valence-corrected chi connectivity index (χ3v) is 3.40. The van der Waals surface area contributed by atoms with Crippen molar-refractivity contribution in [3.8, 4) is 0 Å². The van der Waals surface area contributed by atoms with Gasteiger partial charge in [-0.3, -0.25) is 0 Å². The lowest BCUT2D eigenvalue weighted by atomic mass is 9.75. The molecule has 13 heavy (non-hydrogen) atoms. The lowest BCUT2D eigenvalue weighted by molar-refractivity contribution is -0.0614. The van der Waals surface area contributed by atoms with E-state index in [0.717, 1.165) is 11.8 Å². The van der Waals surface area contributed by atoms with E-state index < -0.39 is 0 Å². The lowest BCUT2D eigenvalue weighted by Crippen LogP contribution is -2.37. The van der Waals surface area contributed by atoms with Gasteiger partial charge < -0.3 is 4.74 Å². The van der Waals surface area contributed by atoms with Gasteiger partial charge in [-0.25, -0.2) is 0 Å². The summed E-state index contributed by atoms with van der Waals surface area (Å²) in [5, 5.41) is 0. The molecule has 0 spiro atoms. The van der Waals surface area contributed by atoms with Gasteiger partial charge in [0, 0.05) is 7.11 Å². The Labute approximate surface area is 82.9 Å². The summed E-state index contributed by atoms with van der Waals surface area (Å²) in [5.74, 6) is 1.67. The summed E-state index contributed by atoms with van der Waals surface area (Å²) in [7, 11) is 1.89. The molecule has 1 saturated carbocycles. The Kier molecular flexibility index (Phi) is 3.78. The zero-order valence-electron chi connectivity index (χ0n) is 9.60. The third kappa shape index (κ3) is 2.98. The summed E-state index contributed by atoms with van der Waals surface area (Å²) < 4.78 is 5.74. The second-order valence-corrected chi connectivity index (χ2v) is 5.17. The third-order valence-electron chi connectivity index (χ3n) is 3.40. The van der Waals surface area contributed by atoms with Crippen LogP contribution in [0.2, 0.25) is 0 Å². The van der Waals surface area contributed by atoms with E-state index in [9.17, 15) is 0 Å². The van der Waals surface area contributed by atoms with E-state index >= 15 is 0 Å². The van der Waals surface area contributed by atoms with Crippen LogP contribution >= 0.6 is 0 Å². The molecule has 1 aliphatic rings. The van der Waals surface area contributed by atoms with E-state index in [-0.39, 0.29) is 5.60 Å². The molecule has 0 N–H and O–H groups in total. The Balaban J connectivity index is 2.50. The highest BCUT2D eigenvalue weighted by atomic mass is 16.5. The fourth-order valence-electron chi connectivity index (χ4n) is 2.52. The van der Waals surface area contributed by atoms with Crippen molar-refractivity contribution in [1.82, 2.24) is 0 Å². The predicted molar refractivity (Wildman–Crippen MR) is 56.8 cm³/mol. The van der Waals surface area contributed by atoms with Gasteiger partial charge in [0.05, 0.1) is 5.60 Å². The van der Waals surface area contributed by atoms with E-state index in [1.807, 2.05) is 7.11 Å². The molecule has 1 nitrogen and oxygen atoms in total. The van der Waals surface area contributed by atoms with E-state index in [4.69, 9.17) is 4.74 Å². The average Bonchev–Trinajstić information content (AvgIpc) is 2.09. The summed E-state index contributed by atoms with van der Waals surface area (Å²) in [6, 6.07) is 0. The van der Waals surface area contributed by atoms with E-state index in [1.54, 1.807) is 0 Å². The molecule has 0 aromatic heterocycles. The molecule has 0 unspecified atom stereocenters. The van der Waals surface area contributed by atoms with Gasteiger partial charge in [-0.1, -0.05) is 20.8 Å². The summed E-state index contributed by atoms with van der Waals surface area (Å²) in [5.41, 5.74) is 0.223. The van der Waals surface area contributed by atoms with E-state index in [1.165, 1.54) is 32.1 Å². The van der Waals surface area contributed by atoms with Crippen LogP contribution in [-0.2, 0) is 4.74 Å². The molecule has 0 heterocycles. The maximum Gasteiger partial charge on any atom is 0.0681 e. The molecule has 0 saturated heterocycles. The monoisotopic (exact) mass is 184 g/mol. The quantitative estimate of drug-likeness (QED) is 0.651. The van der Waals surface area contributed by atoms with Gasteiger partial charge in [-0.2, -0.15) is 0 Å². The topological polar surface area (TPSA) is 9.23 Å². The van der Waals surface area contributed by atoms with Gasteiger partial charge in [0.25, 0.3) is 0 Å². The van der Waals surface area contributed by atoms with Crippen molar-refractivity contribution in [2.24, 2.45) is 11.8 Å². The predicted octanol–water partition coefficient (Wildman–Crippen LogP) is 3.63. The van der Waals surface area contributed by atoms with Crippen LogP contribution in [-0.4, -0.2) is 12.7 Å². The minimum Gasteiger partial charge on any atom is -0.378 e. The van der Waals surface area contributed by atoms with E-state index in [2.05, 4.69) is 20.8 Å². The molecule has 0 amide bonds. The van der Waals surface area contributed by atoms with Crippen LogP contribution < -0.4 is 0 Å². The molecule has 0 radical (unpaired) electrons. The van der Waals surface area contributed by atoms with Crippen molar-refractivity contribution < 1.29 is 4.74 Å². The Hall–Kier alpha value is -0.0400. The first-order chi connectivity index (χ1) is 6.08. The minimum atomic E-state index is 0.223. The van der Waals surface area contributed by atoms with Gasteiger partial charge in [0.2, 0.25) is 0 Å². The van der Waals surface area contributed by atoms with Crippen LogP contribution in [0, 0.1) is 11.8 Å². The van der Waals surface area contributed by atoms with Crippen molar-refractivity contribution in [3.63, 3.8) is 0 Å². The highest BCUT2D eigenvalue weighted by Crippen LogP contribution is 2.38. The highest BCUT2D eigenvalue weighted by Gasteiger charge is 2.34. The molecule has 1 rings (SSSR count). The minimum absolute atomic E-state index is 0.223. The standard InChI is InChI=1S/C12H24O/c1-10(2)9-12(13-4)7-5-11(3)6-8-12/h10-11H,5-9H2,1-4H3. The van der Waals surface area contributed by atoms with Crippen molar-refractivity contribution in [3.05, 3.63) is 0 Å². The van der Waals surface area contributed by atoms with E-state index in [0.29, 0.717) is 0 Å². The van der Waals surface area contributed by atoms with Crippen molar-refractivity contribution >= 4 is 0 Å². The highest BCUT2D eigenvalue weighted by molar-refractivity contribution is 4.86. The summed E-state index contributed by atoms with van der Waals surface area (Å²) >= 11 is 0. The molecule has 1 aliphatic carbocycles. The molecule has 0 bridgehead atoms. The molecule has 0 atom stereocenters. The average molecular weight is 184 g/mol. The maximum atomic E-state index is 5.74. The number of hydrogen-bond donors (Lipinski definition) is 0. The molecule has 1 fully saturated rings. The molecular weight excluding hydrogens is 160 g/mol. The second kappa shape index (κ2) is 4.45. The van der Waals surface area contributed by atoms with Crippen molar-refractivity contribution in [2.45, 2.75) is 58.5 Å². The number of hydrogen-bond acceptors (Lipinski definition) is 1. The summed E-state index contributed by atoms with van der Waals surface area (Å²) in [6.45, 7) is 6.94. The lowest BCUT2D eigenvalue weighted by Gasteiger charge is -2.39. The van der Waals surface area contributed by atoms with Crippen molar-refractivity contribution in [2.75, 3.05) is 7.11 Å². The first-order valence-corrected chi connectivity index (χ1v) is 5.63. The Morgan fingerprint density at radius 2 is 1.85 bits per heavy atom.